The molecular weight excluding hydrogens is 254 g/mol. The molecule has 3 rings (SSSR count). The number of nitrogens with zero attached hydrogens (tertiary/aromatic N) is 3. The molecule has 6 nitrogen and oxygen atoms in total. The number of hydrogen-bond acceptors (Lipinski definition) is 4. The number of fused-ring (bicyclic) bond motifs is 1. The number of pyridine rings is 1. The number of carbonyl (C=O) groups is 1. The predicted octanol–water partition coefficient (Wildman–Crippen LogP) is 0.531. The summed E-state index contributed by atoms with van der Waals surface area (Å²) in [6, 6.07) is 1.92. The number of halogens is 1. The van der Waals surface area contributed by atoms with E-state index < -0.39 is 0 Å². The van der Waals surface area contributed by atoms with Crippen molar-refractivity contribution in [2.45, 2.75) is 6.04 Å². The van der Waals surface area contributed by atoms with Crippen molar-refractivity contribution in [2.24, 2.45) is 0 Å². The Kier molecular flexibility index (Phi) is 2.66. The number of nitrogen functional groups attached to an aromatic ring is 1. The van der Waals surface area contributed by atoms with Crippen molar-refractivity contribution in [1.29, 1.82) is 0 Å². The van der Waals surface area contributed by atoms with Gasteiger partial charge in [-0.15, -0.1) is 0 Å². The van der Waals surface area contributed by atoms with Gasteiger partial charge in [0.25, 0.3) is 0 Å². The van der Waals surface area contributed by atoms with Gasteiger partial charge < -0.3 is 20.9 Å². The number of carbonyl (C=O) groups excluding carboxylic acids is 1. The van der Waals surface area contributed by atoms with Gasteiger partial charge in [-0.05, 0) is 6.07 Å². The smallest absolute Gasteiger partial charge is 0.317 e. The first-order valence-electron chi connectivity index (χ1n) is 5.85. The molecule has 0 aliphatic carbocycles. The van der Waals surface area contributed by atoms with Gasteiger partial charge in [0.2, 0.25) is 0 Å². The molecule has 1 unspecified atom stereocenters. The number of aromatic nitrogens is 1. The summed E-state index contributed by atoms with van der Waals surface area (Å²) in [6.07, 6.45) is 1.59. The van der Waals surface area contributed by atoms with Gasteiger partial charge in [0.05, 0.1) is 16.8 Å². The molecule has 2 saturated heterocycles. The maximum Gasteiger partial charge on any atom is 0.317 e. The minimum atomic E-state index is 0.0247. The van der Waals surface area contributed by atoms with Gasteiger partial charge in [-0.2, -0.15) is 0 Å². The van der Waals surface area contributed by atoms with Crippen LogP contribution in [0.5, 0.6) is 0 Å². The van der Waals surface area contributed by atoms with Gasteiger partial charge >= 0.3 is 6.03 Å². The summed E-state index contributed by atoms with van der Waals surface area (Å²) in [4.78, 5) is 19.7. The van der Waals surface area contributed by atoms with E-state index in [1.807, 2.05) is 4.90 Å². The van der Waals surface area contributed by atoms with Crippen LogP contribution >= 0.6 is 11.6 Å². The average Bonchev–Trinajstić information content (AvgIpc) is 2.71. The average molecular weight is 268 g/mol. The van der Waals surface area contributed by atoms with E-state index >= 15 is 0 Å². The molecule has 1 aromatic rings. The summed E-state index contributed by atoms with van der Waals surface area (Å²) in [6.45, 7) is 2.86. The van der Waals surface area contributed by atoms with Crippen LogP contribution in [0.25, 0.3) is 0 Å². The van der Waals surface area contributed by atoms with Gasteiger partial charge in [-0.1, -0.05) is 11.6 Å². The molecule has 3 N–H and O–H groups in total. The Morgan fingerprint density at radius 3 is 3.11 bits per heavy atom. The summed E-state index contributed by atoms with van der Waals surface area (Å²) in [5.41, 5.74) is 6.51. The molecule has 0 bridgehead atoms. The van der Waals surface area contributed by atoms with Crippen molar-refractivity contribution in [1.82, 2.24) is 15.2 Å². The molecule has 0 spiro atoms. The molecule has 0 radical (unpaired) electrons. The highest BCUT2D eigenvalue weighted by molar-refractivity contribution is 6.30. The lowest BCUT2D eigenvalue weighted by Gasteiger charge is -2.37. The first kappa shape index (κ1) is 11.4. The van der Waals surface area contributed by atoms with Crippen LogP contribution < -0.4 is 16.0 Å². The molecule has 2 aliphatic heterocycles. The van der Waals surface area contributed by atoms with E-state index in [0.717, 1.165) is 18.9 Å². The Balaban J connectivity index is 1.80. The third kappa shape index (κ3) is 1.82. The summed E-state index contributed by atoms with van der Waals surface area (Å²) in [5.74, 6) is 0.749. The molecule has 3 heterocycles. The van der Waals surface area contributed by atoms with Crippen molar-refractivity contribution in [2.75, 3.05) is 36.8 Å². The fraction of sp³-hybridized carbons (Fsp3) is 0.455. The SMILES string of the molecule is Nc1cc(Cl)cnc1N1CCN2C(=O)NCC2C1. The molecule has 0 aromatic carbocycles. The number of urea groups is 1. The first-order chi connectivity index (χ1) is 8.65. The second-order valence-electron chi connectivity index (χ2n) is 4.55. The van der Waals surface area contributed by atoms with E-state index in [1.54, 1.807) is 12.3 Å². The summed E-state index contributed by atoms with van der Waals surface area (Å²) >= 11 is 5.84. The Morgan fingerprint density at radius 2 is 2.33 bits per heavy atom. The van der Waals surface area contributed by atoms with Gasteiger partial charge in [0.15, 0.2) is 5.82 Å². The third-order valence-electron chi connectivity index (χ3n) is 3.39. The number of rotatable bonds is 1. The van der Waals surface area contributed by atoms with E-state index in [2.05, 4.69) is 15.2 Å². The minimum absolute atomic E-state index is 0.0247. The molecular formula is C11H14ClN5O. The highest BCUT2D eigenvalue weighted by atomic mass is 35.5. The number of hydrogen-bond donors (Lipinski definition) is 2. The molecule has 1 aromatic heterocycles. The summed E-state index contributed by atoms with van der Waals surface area (Å²) < 4.78 is 0. The second kappa shape index (κ2) is 4.20. The van der Waals surface area contributed by atoms with E-state index in [0.29, 0.717) is 23.8 Å². The lowest BCUT2D eigenvalue weighted by Crippen LogP contribution is -2.52. The Bertz CT molecular complexity index is 494. The van der Waals surface area contributed by atoms with Crippen LogP contribution in [-0.4, -0.2) is 48.1 Å². The Morgan fingerprint density at radius 1 is 1.50 bits per heavy atom. The highest BCUT2D eigenvalue weighted by Gasteiger charge is 2.36. The fourth-order valence-electron chi connectivity index (χ4n) is 2.51. The van der Waals surface area contributed by atoms with Crippen molar-refractivity contribution in [3.05, 3.63) is 17.3 Å². The largest absolute Gasteiger partial charge is 0.396 e. The predicted molar refractivity (Wildman–Crippen MR) is 69.8 cm³/mol. The molecule has 2 fully saturated rings. The van der Waals surface area contributed by atoms with Crippen molar-refractivity contribution < 1.29 is 4.79 Å². The van der Waals surface area contributed by atoms with Gasteiger partial charge in [0.1, 0.15) is 0 Å². The van der Waals surface area contributed by atoms with Crippen LogP contribution in [0.2, 0.25) is 5.02 Å². The zero-order valence-electron chi connectivity index (χ0n) is 9.77. The highest BCUT2D eigenvalue weighted by Crippen LogP contribution is 2.26. The van der Waals surface area contributed by atoms with Gasteiger partial charge in [0, 0.05) is 32.4 Å². The molecule has 2 aliphatic rings. The lowest BCUT2D eigenvalue weighted by atomic mass is 10.2. The number of nitrogens with one attached hydrogen (secondary N) is 1. The molecule has 18 heavy (non-hydrogen) atoms. The molecule has 2 amide bonds. The molecule has 96 valence electrons. The fourth-order valence-corrected chi connectivity index (χ4v) is 2.67. The van der Waals surface area contributed by atoms with Gasteiger partial charge in [-0.25, -0.2) is 9.78 Å². The maximum atomic E-state index is 11.5. The first-order valence-corrected chi connectivity index (χ1v) is 6.23. The number of nitrogens with two attached hydrogens (primary N) is 1. The molecule has 0 saturated carbocycles. The van der Waals surface area contributed by atoms with Gasteiger partial charge in [-0.3, -0.25) is 0 Å². The van der Waals surface area contributed by atoms with E-state index in [-0.39, 0.29) is 12.1 Å². The lowest BCUT2D eigenvalue weighted by molar-refractivity contribution is 0.197. The minimum Gasteiger partial charge on any atom is -0.396 e. The Labute approximate surface area is 110 Å². The molecule has 1 atom stereocenters. The molecule has 7 heteroatoms. The number of anilines is 2. The van der Waals surface area contributed by atoms with E-state index in [1.165, 1.54) is 0 Å². The normalized spacial score (nSPS) is 22.9. The van der Waals surface area contributed by atoms with Crippen molar-refractivity contribution in [3.8, 4) is 0 Å². The monoisotopic (exact) mass is 267 g/mol. The summed E-state index contributed by atoms with van der Waals surface area (Å²) in [5, 5.41) is 3.38. The Hall–Kier alpha value is -1.69. The van der Waals surface area contributed by atoms with Crippen molar-refractivity contribution in [3.63, 3.8) is 0 Å². The quantitative estimate of drug-likeness (QED) is 0.778. The van der Waals surface area contributed by atoms with E-state index in [9.17, 15) is 4.79 Å². The second-order valence-corrected chi connectivity index (χ2v) is 4.98. The third-order valence-corrected chi connectivity index (χ3v) is 3.60. The zero-order chi connectivity index (χ0) is 12.7. The van der Waals surface area contributed by atoms with Crippen LogP contribution in [0.4, 0.5) is 16.3 Å². The van der Waals surface area contributed by atoms with Crippen LogP contribution in [0, 0.1) is 0 Å². The van der Waals surface area contributed by atoms with E-state index in [4.69, 9.17) is 17.3 Å². The van der Waals surface area contributed by atoms with Crippen LogP contribution in [0.1, 0.15) is 0 Å². The zero-order valence-corrected chi connectivity index (χ0v) is 10.5. The standard InChI is InChI=1S/C11H14ClN5O/c12-7-3-9(13)10(14-4-7)16-1-2-17-8(6-16)5-15-11(17)18/h3-4,8H,1-2,5-6,13H2,(H,15,18). The van der Waals surface area contributed by atoms with Crippen LogP contribution in [0.3, 0.4) is 0 Å². The number of amides is 2. The van der Waals surface area contributed by atoms with Crippen LogP contribution in [-0.2, 0) is 0 Å². The topological polar surface area (TPSA) is 74.5 Å². The maximum absolute atomic E-state index is 11.5. The van der Waals surface area contributed by atoms with Crippen LogP contribution in [0.15, 0.2) is 12.3 Å². The summed E-state index contributed by atoms with van der Waals surface area (Å²) in [7, 11) is 0. The van der Waals surface area contributed by atoms with Crippen molar-refractivity contribution >= 4 is 29.1 Å². The number of piperazine rings is 1.